The van der Waals surface area contributed by atoms with Gasteiger partial charge in [0.2, 0.25) is 15.9 Å². The fourth-order valence-corrected chi connectivity index (χ4v) is 7.29. The maximum absolute atomic E-state index is 13.2. The summed E-state index contributed by atoms with van der Waals surface area (Å²) in [7, 11) is -3.65. The number of fused-ring (bicyclic) bond motifs is 2. The quantitative estimate of drug-likeness (QED) is 0.678. The van der Waals surface area contributed by atoms with Gasteiger partial charge in [0.15, 0.2) is 11.5 Å². The lowest BCUT2D eigenvalue weighted by Crippen LogP contribution is -2.46. The fraction of sp³-hybridized carbons (Fsp3) is 0.522. The molecule has 1 aromatic heterocycles. The summed E-state index contributed by atoms with van der Waals surface area (Å²) in [6.07, 6.45) is 2.76. The Labute approximate surface area is 193 Å². The number of thiophene rings is 1. The summed E-state index contributed by atoms with van der Waals surface area (Å²) in [5.74, 6) is 1.07. The summed E-state index contributed by atoms with van der Waals surface area (Å²) >= 11 is 1.76. The zero-order chi connectivity index (χ0) is 22.3. The zero-order valence-corrected chi connectivity index (χ0v) is 19.8. The van der Waals surface area contributed by atoms with E-state index in [-0.39, 0.29) is 22.8 Å². The summed E-state index contributed by atoms with van der Waals surface area (Å²) in [5, 5.41) is 2.10. The monoisotopic (exact) mass is 476 g/mol. The van der Waals surface area contributed by atoms with Crippen molar-refractivity contribution in [2.45, 2.75) is 43.5 Å². The van der Waals surface area contributed by atoms with E-state index in [1.807, 2.05) is 4.90 Å². The Kier molecular flexibility index (Phi) is 5.90. The predicted molar refractivity (Wildman–Crippen MR) is 122 cm³/mol. The SMILES string of the molecule is CC1c2ccsc2CCN1C(=O)C1CCN(S(=O)(=O)c2ccc3c(c2)OCCCO3)CC1. The van der Waals surface area contributed by atoms with E-state index < -0.39 is 10.0 Å². The largest absolute Gasteiger partial charge is 0.490 e. The molecule has 7 nitrogen and oxygen atoms in total. The number of carbonyl (C=O) groups excluding carboxylic acids is 1. The van der Waals surface area contributed by atoms with Crippen molar-refractivity contribution in [3.8, 4) is 11.5 Å². The van der Waals surface area contributed by atoms with Crippen LogP contribution in [0.25, 0.3) is 0 Å². The summed E-state index contributed by atoms with van der Waals surface area (Å²) in [6.45, 7) is 4.59. The second-order valence-corrected chi connectivity index (χ2v) is 11.5. The topological polar surface area (TPSA) is 76.2 Å². The highest BCUT2D eigenvalue weighted by atomic mass is 32.2. The van der Waals surface area contributed by atoms with Gasteiger partial charge in [-0.2, -0.15) is 4.31 Å². The van der Waals surface area contributed by atoms with Gasteiger partial charge >= 0.3 is 0 Å². The summed E-state index contributed by atoms with van der Waals surface area (Å²) in [4.78, 5) is 16.8. The van der Waals surface area contributed by atoms with E-state index in [1.165, 1.54) is 14.7 Å². The van der Waals surface area contributed by atoms with Crippen LogP contribution >= 0.6 is 11.3 Å². The normalized spacial score (nSPS) is 22.3. The van der Waals surface area contributed by atoms with Gasteiger partial charge in [-0.05, 0) is 55.3 Å². The molecule has 1 aromatic carbocycles. The number of rotatable bonds is 3. The number of piperidine rings is 1. The standard InChI is InChI=1S/C23H28N2O5S2/c1-16-19-8-14-31-22(19)7-11-25(16)23(26)17-5-9-24(10-6-17)32(27,28)18-3-4-20-21(15-18)30-13-2-12-29-20/h3-4,8,14-17H,2,5-7,9-13H2,1H3. The molecule has 172 valence electrons. The molecule has 0 aliphatic carbocycles. The van der Waals surface area contributed by atoms with Crippen LogP contribution in [0, 0.1) is 5.92 Å². The van der Waals surface area contributed by atoms with E-state index in [1.54, 1.807) is 29.5 Å². The number of benzene rings is 1. The van der Waals surface area contributed by atoms with Gasteiger partial charge in [-0.15, -0.1) is 11.3 Å². The third-order valence-corrected chi connectivity index (χ3v) is 9.61. The third kappa shape index (κ3) is 3.91. The number of carbonyl (C=O) groups is 1. The second kappa shape index (κ2) is 8.68. The molecule has 0 N–H and O–H groups in total. The summed E-state index contributed by atoms with van der Waals surface area (Å²) in [6, 6.07) is 7.00. The van der Waals surface area contributed by atoms with Crippen molar-refractivity contribution >= 4 is 27.3 Å². The highest BCUT2D eigenvalue weighted by Gasteiger charge is 2.37. The minimum absolute atomic E-state index is 0.0843. The average molecular weight is 477 g/mol. The summed E-state index contributed by atoms with van der Waals surface area (Å²) < 4.78 is 39.2. The van der Waals surface area contributed by atoms with Crippen molar-refractivity contribution in [1.82, 2.24) is 9.21 Å². The molecule has 3 aliphatic rings. The molecule has 9 heteroatoms. The van der Waals surface area contributed by atoms with Crippen LogP contribution < -0.4 is 9.47 Å². The molecule has 0 saturated carbocycles. The van der Waals surface area contributed by atoms with Crippen LogP contribution in [-0.4, -0.2) is 56.4 Å². The summed E-state index contributed by atoms with van der Waals surface area (Å²) in [5.41, 5.74) is 1.25. The molecule has 1 saturated heterocycles. The molecule has 0 spiro atoms. The fourth-order valence-electron chi connectivity index (χ4n) is 4.84. The van der Waals surface area contributed by atoms with Gasteiger partial charge in [0.25, 0.3) is 0 Å². The van der Waals surface area contributed by atoms with Crippen molar-refractivity contribution in [2.24, 2.45) is 5.92 Å². The van der Waals surface area contributed by atoms with Crippen molar-refractivity contribution in [1.29, 1.82) is 0 Å². The Morgan fingerprint density at radius 2 is 1.81 bits per heavy atom. The Hall–Kier alpha value is -2.10. The Balaban J connectivity index is 1.25. The van der Waals surface area contributed by atoms with E-state index >= 15 is 0 Å². The lowest BCUT2D eigenvalue weighted by molar-refractivity contribution is -0.139. The molecule has 5 rings (SSSR count). The number of hydrogen-bond acceptors (Lipinski definition) is 6. The Morgan fingerprint density at radius 1 is 1.06 bits per heavy atom. The average Bonchev–Trinajstić information content (AvgIpc) is 3.17. The molecular formula is C23H28N2O5S2. The molecule has 1 atom stereocenters. The third-order valence-electron chi connectivity index (χ3n) is 6.72. The second-order valence-electron chi connectivity index (χ2n) is 8.59. The Bertz CT molecular complexity index is 1110. The van der Waals surface area contributed by atoms with E-state index in [4.69, 9.17) is 9.47 Å². The minimum atomic E-state index is -3.65. The van der Waals surface area contributed by atoms with Gasteiger partial charge in [0.05, 0.1) is 24.2 Å². The molecule has 1 amide bonds. The zero-order valence-electron chi connectivity index (χ0n) is 18.2. The van der Waals surface area contributed by atoms with Crippen LogP contribution in [0.2, 0.25) is 0 Å². The van der Waals surface area contributed by atoms with Crippen LogP contribution in [0.15, 0.2) is 34.5 Å². The van der Waals surface area contributed by atoms with Crippen molar-refractivity contribution < 1.29 is 22.7 Å². The van der Waals surface area contributed by atoms with Gasteiger partial charge in [-0.25, -0.2) is 8.42 Å². The maximum atomic E-state index is 13.2. The molecule has 0 radical (unpaired) electrons. The van der Waals surface area contributed by atoms with E-state index in [2.05, 4.69) is 18.4 Å². The first-order valence-corrected chi connectivity index (χ1v) is 13.5. The van der Waals surface area contributed by atoms with E-state index in [0.29, 0.717) is 50.6 Å². The van der Waals surface area contributed by atoms with Crippen molar-refractivity contribution in [3.63, 3.8) is 0 Å². The van der Waals surface area contributed by atoms with Crippen molar-refractivity contribution in [2.75, 3.05) is 32.8 Å². The van der Waals surface area contributed by atoms with Gasteiger partial charge in [-0.3, -0.25) is 4.79 Å². The molecular weight excluding hydrogens is 448 g/mol. The molecule has 3 aliphatic heterocycles. The van der Waals surface area contributed by atoms with Gasteiger partial charge in [-0.1, -0.05) is 0 Å². The van der Waals surface area contributed by atoms with Crippen LogP contribution in [0.5, 0.6) is 11.5 Å². The van der Waals surface area contributed by atoms with Gasteiger partial charge in [0, 0.05) is 42.9 Å². The van der Waals surface area contributed by atoms with E-state index in [0.717, 1.165) is 19.4 Å². The van der Waals surface area contributed by atoms with Crippen LogP contribution in [0.4, 0.5) is 0 Å². The number of amides is 1. The highest BCUT2D eigenvalue weighted by molar-refractivity contribution is 7.89. The lowest BCUT2D eigenvalue weighted by Gasteiger charge is -2.38. The van der Waals surface area contributed by atoms with Crippen LogP contribution in [-0.2, 0) is 21.2 Å². The Morgan fingerprint density at radius 3 is 2.59 bits per heavy atom. The van der Waals surface area contributed by atoms with E-state index in [9.17, 15) is 13.2 Å². The molecule has 1 fully saturated rings. The molecule has 32 heavy (non-hydrogen) atoms. The first kappa shape index (κ1) is 21.7. The first-order chi connectivity index (χ1) is 15.4. The van der Waals surface area contributed by atoms with Crippen molar-refractivity contribution in [3.05, 3.63) is 40.1 Å². The molecule has 0 bridgehead atoms. The first-order valence-electron chi connectivity index (χ1n) is 11.2. The number of ether oxygens (including phenoxy) is 2. The van der Waals surface area contributed by atoms with Crippen LogP contribution in [0.1, 0.15) is 42.7 Å². The highest BCUT2D eigenvalue weighted by Crippen LogP contribution is 2.36. The number of sulfonamides is 1. The molecule has 2 aromatic rings. The lowest BCUT2D eigenvalue weighted by atomic mass is 9.93. The minimum Gasteiger partial charge on any atom is -0.490 e. The van der Waals surface area contributed by atoms with Gasteiger partial charge in [0.1, 0.15) is 0 Å². The molecule has 4 heterocycles. The maximum Gasteiger partial charge on any atom is 0.243 e. The predicted octanol–water partition coefficient (Wildman–Crippen LogP) is 3.46. The number of nitrogens with zero attached hydrogens (tertiary/aromatic N) is 2. The van der Waals surface area contributed by atoms with Crippen LogP contribution in [0.3, 0.4) is 0 Å². The smallest absolute Gasteiger partial charge is 0.243 e. The number of hydrogen-bond donors (Lipinski definition) is 0. The van der Waals surface area contributed by atoms with Gasteiger partial charge < -0.3 is 14.4 Å². The molecule has 1 unspecified atom stereocenters.